The molecule has 0 aliphatic carbocycles. The van der Waals surface area contributed by atoms with Crippen molar-refractivity contribution in [3.63, 3.8) is 0 Å². The molecule has 0 spiro atoms. The minimum Gasteiger partial charge on any atom is -0.507 e. The van der Waals surface area contributed by atoms with Crippen molar-refractivity contribution in [1.82, 2.24) is 4.90 Å². The van der Waals surface area contributed by atoms with Crippen LogP contribution in [0.2, 0.25) is 0 Å². The zero-order valence-electron chi connectivity index (χ0n) is 12.6. The summed E-state index contributed by atoms with van der Waals surface area (Å²) in [5.41, 5.74) is -0.0116. The smallest absolute Gasteiger partial charge is 0.342 e. The Morgan fingerprint density at radius 3 is 2.59 bits per heavy atom. The van der Waals surface area contributed by atoms with E-state index in [9.17, 15) is 14.7 Å². The number of phenolic OH excluding ortho intramolecular Hbond substituents is 1. The van der Waals surface area contributed by atoms with E-state index in [0.29, 0.717) is 32.1 Å². The van der Waals surface area contributed by atoms with Gasteiger partial charge in [-0.05, 0) is 19.1 Å². The average Bonchev–Trinajstić information content (AvgIpc) is 2.54. The summed E-state index contributed by atoms with van der Waals surface area (Å²) in [4.78, 5) is 25.8. The van der Waals surface area contributed by atoms with Crippen LogP contribution in [0.3, 0.4) is 0 Å². The summed E-state index contributed by atoms with van der Waals surface area (Å²) >= 11 is 0. The summed E-state index contributed by atoms with van der Waals surface area (Å²) in [6, 6.07) is 4.23. The third kappa shape index (κ3) is 3.67. The van der Waals surface area contributed by atoms with Crippen molar-refractivity contribution in [2.45, 2.75) is 13.0 Å². The normalized spacial score (nSPS) is 16.0. The first-order valence-corrected chi connectivity index (χ1v) is 6.97. The molecule has 2 rings (SSSR count). The number of carbonyl (C=O) groups is 2. The minimum absolute atomic E-state index is 0.0116. The van der Waals surface area contributed by atoms with E-state index in [2.05, 4.69) is 0 Å². The van der Waals surface area contributed by atoms with Crippen molar-refractivity contribution in [2.75, 3.05) is 33.4 Å². The van der Waals surface area contributed by atoms with Crippen molar-refractivity contribution in [2.24, 2.45) is 0 Å². The predicted octanol–water partition coefficient (Wildman–Crippen LogP) is 0.805. The molecule has 1 aromatic carbocycles. The largest absolute Gasteiger partial charge is 0.507 e. The second kappa shape index (κ2) is 7.13. The van der Waals surface area contributed by atoms with Gasteiger partial charge in [0.25, 0.3) is 5.91 Å². The fraction of sp³-hybridized carbons (Fsp3) is 0.467. The third-order valence-corrected chi connectivity index (χ3v) is 3.38. The first kappa shape index (κ1) is 16.1. The van der Waals surface area contributed by atoms with Crippen molar-refractivity contribution in [1.29, 1.82) is 0 Å². The second-order valence-corrected chi connectivity index (χ2v) is 4.87. The number of amides is 1. The molecule has 1 heterocycles. The van der Waals surface area contributed by atoms with Crippen LogP contribution in [-0.2, 0) is 14.3 Å². The minimum atomic E-state index is -0.924. The molecule has 1 amide bonds. The first-order valence-electron chi connectivity index (χ1n) is 6.97. The van der Waals surface area contributed by atoms with Crippen LogP contribution >= 0.6 is 0 Å². The molecule has 7 nitrogen and oxygen atoms in total. The van der Waals surface area contributed by atoms with Crippen LogP contribution < -0.4 is 4.74 Å². The van der Waals surface area contributed by atoms with Gasteiger partial charge in [-0.15, -0.1) is 0 Å². The number of hydrogen-bond acceptors (Lipinski definition) is 6. The number of carbonyl (C=O) groups excluding carboxylic acids is 2. The van der Waals surface area contributed by atoms with E-state index in [-0.39, 0.29) is 17.2 Å². The molecule has 1 atom stereocenters. The Morgan fingerprint density at radius 2 is 2.00 bits per heavy atom. The van der Waals surface area contributed by atoms with Crippen LogP contribution in [0.5, 0.6) is 11.5 Å². The lowest BCUT2D eigenvalue weighted by molar-refractivity contribution is -0.143. The van der Waals surface area contributed by atoms with Crippen LogP contribution in [0.15, 0.2) is 18.2 Å². The fourth-order valence-electron chi connectivity index (χ4n) is 2.13. The molecule has 1 aliphatic rings. The Hall–Kier alpha value is -2.28. The summed E-state index contributed by atoms with van der Waals surface area (Å²) in [6.45, 7) is 3.43. The number of morpholine rings is 1. The molecule has 1 N–H and O–H groups in total. The molecular formula is C15H19NO6. The van der Waals surface area contributed by atoms with Crippen LogP contribution in [0, 0.1) is 0 Å². The molecule has 1 aromatic rings. The maximum absolute atomic E-state index is 12.2. The molecule has 0 bridgehead atoms. The van der Waals surface area contributed by atoms with Crippen molar-refractivity contribution >= 4 is 11.9 Å². The fourth-order valence-corrected chi connectivity index (χ4v) is 2.13. The number of nitrogens with zero attached hydrogens (tertiary/aromatic N) is 1. The zero-order valence-corrected chi connectivity index (χ0v) is 12.6. The number of esters is 1. The van der Waals surface area contributed by atoms with E-state index in [0.717, 1.165) is 0 Å². The van der Waals surface area contributed by atoms with Gasteiger partial charge in [0.15, 0.2) is 6.10 Å². The highest BCUT2D eigenvalue weighted by atomic mass is 16.5. The molecule has 0 saturated carbocycles. The van der Waals surface area contributed by atoms with Gasteiger partial charge >= 0.3 is 5.97 Å². The van der Waals surface area contributed by atoms with Gasteiger partial charge in [-0.1, -0.05) is 0 Å². The number of methoxy groups -OCH3 is 1. The molecule has 120 valence electrons. The highest BCUT2D eigenvalue weighted by Crippen LogP contribution is 2.24. The van der Waals surface area contributed by atoms with Gasteiger partial charge in [-0.3, -0.25) is 4.79 Å². The maximum Gasteiger partial charge on any atom is 0.342 e. The summed E-state index contributed by atoms with van der Waals surface area (Å²) in [7, 11) is 1.45. The van der Waals surface area contributed by atoms with Gasteiger partial charge in [0.2, 0.25) is 0 Å². The molecule has 0 unspecified atom stereocenters. The van der Waals surface area contributed by atoms with E-state index in [1.807, 2.05) is 0 Å². The van der Waals surface area contributed by atoms with Gasteiger partial charge in [0, 0.05) is 19.2 Å². The standard InChI is InChI=1S/C15H19NO6/c1-10(14(18)16-5-7-21-8-6-16)22-15(19)12-4-3-11(20-2)9-13(12)17/h3-4,9-10,17H,5-8H2,1-2H3/t10-/m1/s1. The average molecular weight is 309 g/mol. The lowest BCUT2D eigenvalue weighted by Crippen LogP contribution is -2.46. The number of aromatic hydroxyl groups is 1. The Balaban J connectivity index is 2.00. The molecule has 7 heteroatoms. The van der Waals surface area contributed by atoms with Gasteiger partial charge in [-0.2, -0.15) is 0 Å². The molecule has 1 aliphatic heterocycles. The SMILES string of the molecule is COc1ccc(C(=O)O[C@H](C)C(=O)N2CCOCC2)c(O)c1. The number of ether oxygens (including phenoxy) is 3. The number of phenols is 1. The Bertz CT molecular complexity index is 553. The van der Waals surface area contributed by atoms with E-state index < -0.39 is 12.1 Å². The van der Waals surface area contributed by atoms with Crippen LogP contribution in [0.1, 0.15) is 17.3 Å². The van der Waals surface area contributed by atoms with Crippen molar-refractivity contribution < 1.29 is 28.9 Å². The van der Waals surface area contributed by atoms with Crippen molar-refractivity contribution in [3.05, 3.63) is 23.8 Å². The van der Waals surface area contributed by atoms with E-state index in [1.54, 1.807) is 4.90 Å². The monoisotopic (exact) mass is 309 g/mol. The third-order valence-electron chi connectivity index (χ3n) is 3.38. The number of benzene rings is 1. The first-order chi connectivity index (χ1) is 10.5. The zero-order chi connectivity index (χ0) is 16.1. The number of rotatable bonds is 4. The molecule has 0 radical (unpaired) electrons. The molecule has 1 saturated heterocycles. The van der Waals surface area contributed by atoms with E-state index in [4.69, 9.17) is 14.2 Å². The lowest BCUT2D eigenvalue weighted by atomic mass is 10.2. The van der Waals surface area contributed by atoms with Crippen molar-refractivity contribution in [3.8, 4) is 11.5 Å². The maximum atomic E-state index is 12.2. The summed E-state index contributed by atoms with van der Waals surface area (Å²) in [5, 5.41) is 9.80. The molecule has 22 heavy (non-hydrogen) atoms. The molecule has 0 aromatic heterocycles. The number of hydrogen-bond donors (Lipinski definition) is 1. The molecular weight excluding hydrogens is 290 g/mol. The molecule has 1 fully saturated rings. The van der Waals surface area contributed by atoms with E-state index >= 15 is 0 Å². The van der Waals surface area contributed by atoms with Gasteiger partial charge in [0.05, 0.1) is 20.3 Å². The summed E-state index contributed by atoms with van der Waals surface area (Å²) < 4.78 is 15.2. The van der Waals surface area contributed by atoms with Crippen LogP contribution in [-0.4, -0.2) is 61.4 Å². The van der Waals surface area contributed by atoms with Crippen LogP contribution in [0.25, 0.3) is 0 Å². The predicted molar refractivity (Wildman–Crippen MR) is 76.9 cm³/mol. The second-order valence-electron chi connectivity index (χ2n) is 4.87. The van der Waals surface area contributed by atoms with E-state index in [1.165, 1.54) is 32.2 Å². The Kier molecular flexibility index (Phi) is 5.21. The lowest BCUT2D eigenvalue weighted by Gasteiger charge is -2.29. The topological polar surface area (TPSA) is 85.3 Å². The summed E-state index contributed by atoms with van der Waals surface area (Å²) in [5.74, 6) is -0.860. The highest BCUT2D eigenvalue weighted by molar-refractivity contribution is 5.94. The van der Waals surface area contributed by atoms with Gasteiger partial charge < -0.3 is 24.2 Å². The Morgan fingerprint density at radius 1 is 1.32 bits per heavy atom. The highest BCUT2D eigenvalue weighted by Gasteiger charge is 2.26. The quantitative estimate of drug-likeness (QED) is 0.828. The summed E-state index contributed by atoms with van der Waals surface area (Å²) in [6.07, 6.45) is -0.924. The van der Waals surface area contributed by atoms with Gasteiger partial charge in [-0.25, -0.2) is 4.79 Å². The van der Waals surface area contributed by atoms with Crippen LogP contribution in [0.4, 0.5) is 0 Å². The van der Waals surface area contributed by atoms with Gasteiger partial charge in [0.1, 0.15) is 17.1 Å². The Labute approximate surface area is 128 Å².